The maximum absolute atomic E-state index is 12.7. The fraction of sp³-hybridized carbons (Fsp3) is 0.368. The average Bonchev–Trinajstić information content (AvgIpc) is 3.30. The molecule has 0 spiro atoms. The van der Waals surface area contributed by atoms with Crippen molar-refractivity contribution in [3.05, 3.63) is 46.8 Å². The average molecular weight is 359 g/mol. The molecule has 25 heavy (non-hydrogen) atoms. The van der Waals surface area contributed by atoms with Crippen LogP contribution in [0, 0.1) is 0 Å². The Kier molecular flexibility index (Phi) is 5.50. The number of hydrogen-bond acceptors (Lipinski definition) is 5. The Bertz CT molecular complexity index is 770. The molecule has 1 atom stereocenters. The molecule has 1 N–H and O–H groups in total. The first-order valence-electron chi connectivity index (χ1n) is 8.43. The summed E-state index contributed by atoms with van der Waals surface area (Å²) in [6.07, 6.45) is 1.76. The van der Waals surface area contributed by atoms with Gasteiger partial charge in [0.2, 0.25) is 0 Å². The summed E-state index contributed by atoms with van der Waals surface area (Å²) in [5.41, 5.74) is 1.50. The van der Waals surface area contributed by atoms with Gasteiger partial charge in [-0.05, 0) is 49.6 Å². The van der Waals surface area contributed by atoms with Gasteiger partial charge in [0.15, 0.2) is 0 Å². The molecule has 1 aliphatic heterocycles. The van der Waals surface area contributed by atoms with Crippen molar-refractivity contribution in [2.75, 3.05) is 19.8 Å². The first-order valence-corrected chi connectivity index (χ1v) is 9.25. The van der Waals surface area contributed by atoms with E-state index in [1.54, 1.807) is 24.0 Å². The lowest BCUT2D eigenvalue weighted by Crippen LogP contribution is -2.37. The second-order valence-electron chi connectivity index (χ2n) is 5.94. The summed E-state index contributed by atoms with van der Waals surface area (Å²) in [6.45, 7) is 2.80. The number of aliphatic hydroxyl groups is 1. The van der Waals surface area contributed by atoms with Gasteiger partial charge in [-0.2, -0.15) is 0 Å². The van der Waals surface area contributed by atoms with Crippen LogP contribution in [0.1, 0.15) is 39.8 Å². The quantitative estimate of drug-likeness (QED) is 0.833. The molecule has 5 nitrogen and oxygen atoms in total. The lowest BCUT2D eigenvalue weighted by atomic mass is 10.1. The number of likely N-dealkylation sites (tertiary alicyclic amines) is 1. The number of esters is 1. The van der Waals surface area contributed by atoms with Crippen molar-refractivity contribution in [1.82, 2.24) is 4.90 Å². The monoisotopic (exact) mass is 359 g/mol. The van der Waals surface area contributed by atoms with Crippen molar-refractivity contribution >= 4 is 23.2 Å². The van der Waals surface area contributed by atoms with E-state index in [2.05, 4.69) is 0 Å². The molecule has 1 amide bonds. The number of aliphatic hydroxyl groups excluding tert-OH is 1. The second kappa shape index (κ2) is 7.80. The first-order chi connectivity index (χ1) is 12.1. The van der Waals surface area contributed by atoms with E-state index in [0.29, 0.717) is 23.6 Å². The third kappa shape index (κ3) is 3.75. The number of carbonyl (C=O) groups excluding carboxylic acids is 2. The van der Waals surface area contributed by atoms with Crippen molar-refractivity contribution in [3.8, 4) is 10.4 Å². The van der Waals surface area contributed by atoms with Crippen LogP contribution in [0.2, 0.25) is 0 Å². The minimum absolute atomic E-state index is 0.000739. The number of amides is 1. The third-order valence-electron chi connectivity index (χ3n) is 4.33. The van der Waals surface area contributed by atoms with E-state index in [1.165, 1.54) is 11.3 Å². The van der Waals surface area contributed by atoms with Crippen LogP contribution in [0.5, 0.6) is 0 Å². The van der Waals surface area contributed by atoms with Gasteiger partial charge in [0.25, 0.3) is 5.91 Å². The molecule has 6 heteroatoms. The highest BCUT2D eigenvalue weighted by Crippen LogP contribution is 2.30. The number of thiophene rings is 1. The van der Waals surface area contributed by atoms with Gasteiger partial charge in [-0.3, -0.25) is 4.79 Å². The number of rotatable bonds is 5. The molecule has 132 valence electrons. The Morgan fingerprint density at radius 3 is 2.92 bits per heavy atom. The SMILES string of the molecule is CCOC(=O)c1ccc(-c2cccc(C(=O)N3CCC[C@H]3CO)c2)s1. The highest BCUT2D eigenvalue weighted by Gasteiger charge is 2.28. The van der Waals surface area contributed by atoms with Crippen molar-refractivity contribution in [3.63, 3.8) is 0 Å². The third-order valence-corrected chi connectivity index (χ3v) is 5.44. The Hall–Kier alpha value is -2.18. The minimum atomic E-state index is -0.325. The molecule has 2 aromatic rings. The minimum Gasteiger partial charge on any atom is -0.462 e. The summed E-state index contributed by atoms with van der Waals surface area (Å²) in [5.74, 6) is -0.380. The molecule has 1 aromatic heterocycles. The molecule has 0 bridgehead atoms. The number of hydrogen-bond donors (Lipinski definition) is 1. The summed E-state index contributed by atoms with van der Waals surface area (Å²) in [4.78, 5) is 27.8. The molecule has 1 saturated heterocycles. The fourth-order valence-electron chi connectivity index (χ4n) is 3.07. The highest BCUT2D eigenvalue weighted by molar-refractivity contribution is 7.17. The standard InChI is InChI=1S/C19H21NO4S/c1-2-24-19(23)17-9-8-16(25-17)13-5-3-6-14(11-13)18(22)20-10-4-7-15(20)12-21/h3,5-6,8-9,11,15,21H,2,4,7,10,12H2,1H3/t15-/m0/s1. The molecule has 0 radical (unpaired) electrons. The van der Waals surface area contributed by atoms with Gasteiger partial charge in [0, 0.05) is 17.0 Å². The molecule has 1 fully saturated rings. The summed E-state index contributed by atoms with van der Waals surface area (Å²) in [5, 5.41) is 9.43. The van der Waals surface area contributed by atoms with Crippen molar-refractivity contribution in [1.29, 1.82) is 0 Å². The predicted octanol–water partition coefficient (Wildman–Crippen LogP) is 3.19. The van der Waals surface area contributed by atoms with Crippen LogP contribution in [0.3, 0.4) is 0 Å². The van der Waals surface area contributed by atoms with Crippen LogP contribution in [0.25, 0.3) is 10.4 Å². The lowest BCUT2D eigenvalue weighted by molar-refractivity contribution is 0.0531. The Balaban J connectivity index is 1.82. The van der Waals surface area contributed by atoms with Crippen LogP contribution in [-0.2, 0) is 4.74 Å². The number of benzene rings is 1. The van der Waals surface area contributed by atoms with Crippen LogP contribution in [0.4, 0.5) is 0 Å². The van der Waals surface area contributed by atoms with Gasteiger partial charge in [0.1, 0.15) is 4.88 Å². The van der Waals surface area contributed by atoms with Gasteiger partial charge < -0.3 is 14.7 Å². The number of carbonyl (C=O) groups is 2. The zero-order valence-corrected chi connectivity index (χ0v) is 14.9. The van der Waals surface area contributed by atoms with Crippen molar-refractivity contribution in [2.24, 2.45) is 0 Å². The van der Waals surface area contributed by atoms with Crippen LogP contribution < -0.4 is 0 Å². The zero-order chi connectivity index (χ0) is 17.8. The Morgan fingerprint density at radius 1 is 1.32 bits per heavy atom. The largest absolute Gasteiger partial charge is 0.462 e. The molecule has 1 aromatic carbocycles. The van der Waals surface area contributed by atoms with E-state index in [0.717, 1.165) is 23.3 Å². The first kappa shape index (κ1) is 17.6. The molecule has 3 rings (SSSR count). The van der Waals surface area contributed by atoms with Gasteiger partial charge in [-0.15, -0.1) is 11.3 Å². The van der Waals surface area contributed by atoms with Crippen LogP contribution in [0.15, 0.2) is 36.4 Å². The van der Waals surface area contributed by atoms with Crippen LogP contribution in [-0.4, -0.2) is 47.7 Å². The van der Waals surface area contributed by atoms with Gasteiger partial charge >= 0.3 is 5.97 Å². The summed E-state index contributed by atoms with van der Waals surface area (Å²) in [7, 11) is 0. The van der Waals surface area contributed by atoms with Crippen LogP contribution >= 0.6 is 11.3 Å². The van der Waals surface area contributed by atoms with Gasteiger partial charge in [-0.25, -0.2) is 4.79 Å². The molecule has 2 heterocycles. The molecule has 1 aliphatic rings. The van der Waals surface area contributed by atoms with E-state index < -0.39 is 0 Å². The summed E-state index contributed by atoms with van der Waals surface area (Å²) < 4.78 is 5.02. The van der Waals surface area contributed by atoms with E-state index in [4.69, 9.17) is 4.74 Å². The molecule has 0 unspecified atom stereocenters. The number of ether oxygens (including phenoxy) is 1. The maximum atomic E-state index is 12.7. The smallest absolute Gasteiger partial charge is 0.348 e. The van der Waals surface area contributed by atoms with Gasteiger partial charge in [-0.1, -0.05) is 12.1 Å². The van der Waals surface area contributed by atoms with E-state index >= 15 is 0 Å². The van der Waals surface area contributed by atoms with Crippen molar-refractivity contribution < 1.29 is 19.4 Å². The zero-order valence-electron chi connectivity index (χ0n) is 14.1. The van der Waals surface area contributed by atoms with E-state index in [-0.39, 0.29) is 24.5 Å². The fourth-order valence-corrected chi connectivity index (χ4v) is 3.97. The summed E-state index contributed by atoms with van der Waals surface area (Å²) in [6, 6.07) is 10.9. The molecule has 0 saturated carbocycles. The van der Waals surface area contributed by atoms with E-state index in [9.17, 15) is 14.7 Å². The maximum Gasteiger partial charge on any atom is 0.348 e. The normalized spacial score (nSPS) is 16.9. The van der Waals surface area contributed by atoms with Gasteiger partial charge in [0.05, 0.1) is 19.3 Å². The second-order valence-corrected chi connectivity index (χ2v) is 7.03. The predicted molar refractivity (Wildman–Crippen MR) is 96.9 cm³/mol. The van der Waals surface area contributed by atoms with Crippen molar-refractivity contribution in [2.45, 2.75) is 25.8 Å². The Labute approximate surface area is 150 Å². The topological polar surface area (TPSA) is 66.8 Å². The lowest BCUT2D eigenvalue weighted by Gasteiger charge is -2.23. The number of nitrogens with zero attached hydrogens (tertiary/aromatic N) is 1. The summed E-state index contributed by atoms with van der Waals surface area (Å²) >= 11 is 1.35. The molecular formula is C19H21NO4S. The molecular weight excluding hydrogens is 338 g/mol. The Morgan fingerprint density at radius 2 is 2.16 bits per heavy atom. The highest BCUT2D eigenvalue weighted by atomic mass is 32.1. The van der Waals surface area contributed by atoms with E-state index in [1.807, 2.05) is 24.3 Å². The molecule has 0 aliphatic carbocycles.